The predicted octanol–water partition coefficient (Wildman–Crippen LogP) is 0.679. The van der Waals surface area contributed by atoms with Crippen LogP contribution in [0.2, 0.25) is 0 Å². The molecule has 0 aromatic heterocycles. The molecule has 1 heteroatoms. The van der Waals surface area contributed by atoms with Crippen molar-refractivity contribution in [1.29, 1.82) is 0 Å². The van der Waals surface area contributed by atoms with E-state index < -0.39 is 0 Å². The van der Waals surface area contributed by atoms with Crippen molar-refractivity contribution >= 4 is 0 Å². The van der Waals surface area contributed by atoms with E-state index >= 15 is 0 Å². The lowest BCUT2D eigenvalue weighted by Crippen LogP contribution is -2.26. The molecule has 0 amide bonds. The first-order valence-corrected chi connectivity index (χ1v) is 3.05. The van der Waals surface area contributed by atoms with E-state index in [2.05, 4.69) is 0 Å². The summed E-state index contributed by atoms with van der Waals surface area (Å²) in [5.41, 5.74) is 0. The lowest BCUT2D eigenvalue weighted by atomic mass is 9.98. The highest BCUT2D eigenvalue weighted by molar-refractivity contribution is 4.60. The van der Waals surface area contributed by atoms with Crippen LogP contribution in [0.25, 0.3) is 0 Å². The molecule has 0 atom stereocenters. The molecule has 7 heavy (non-hydrogen) atoms. The molecule has 1 fully saturated rings. The van der Waals surface area contributed by atoms with Crippen LogP contribution in [0.4, 0.5) is 0 Å². The molecule has 42 valence electrons. The first-order valence-electron chi connectivity index (χ1n) is 3.05. The summed E-state index contributed by atoms with van der Waals surface area (Å²) in [6, 6.07) is 0. The van der Waals surface area contributed by atoms with E-state index in [0.29, 0.717) is 0 Å². The lowest BCUT2D eigenvalue weighted by molar-refractivity contribution is -0.425. The lowest BCUT2D eigenvalue weighted by Gasteiger charge is -2.25. The summed E-state index contributed by atoms with van der Waals surface area (Å²) in [7, 11) is 0. The van der Waals surface area contributed by atoms with Crippen LogP contribution in [0.15, 0.2) is 0 Å². The largest absolute Gasteiger partial charge is 0.852 e. The van der Waals surface area contributed by atoms with E-state index in [-0.39, 0.29) is 6.10 Å². The highest BCUT2D eigenvalue weighted by Crippen LogP contribution is 2.14. The fraction of sp³-hybridized carbons (Fsp3) is 1.00. The van der Waals surface area contributed by atoms with Gasteiger partial charge < -0.3 is 5.11 Å². The minimum Gasteiger partial charge on any atom is -0.852 e. The molecule has 0 N–H and O–H groups in total. The average molecular weight is 99.2 g/mol. The zero-order chi connectivity index (χ0) is 5.11. The molecule has 1 aliphatic carbocycles. The Labute approximate surface area is 44.4 Å². The summed E-state index contributed by atoms with van der Waals surface area (Å²) < 4.78 is 0. The summed E-state index contributed by atoms with van der Waals surface area (Å²) in [5.74, 6) is 0. The van der Waals surface area contributed by atoms with Gasteiger partial charge in [0.2, 0.25) is 0 Å². The molecule has 1 nitrogen and oxygen atoms in total. The van der Waals surface area contributed by atoms with Crippen molar-refractivity contribution in [2.45, 2.75) is 38.2 Å². The highest BCUT2D eigenvalue weighted by Gasteiger charge is 2.00. The van der Waals surface area contributed by atoms with E-state index in [9.17, 15) is 5.11 Å². The Kier molecular flexibility index (Phi) is 1.69. The summed E-state index contributed by atoms with van der Waals surface area (Å²) in [4.78, 5) is 0. The van der Waals surface area contributed by atoms with E-state index in [1.54, 1.807) is 0 Å². The van der Waals surface area contributed by atoms with Crippen molar-refractivity contribution in [3.63, 3.8) is 0 Å². The second kappa shape index (κ2) is 2.31. The minimum absolute atomic E-state index is 0.214. The van der Waals surface area contributed by atoms with Gasteiger partial charge in [-0.3, -0.25) is 0 Å². The minimum atomic E-state index is -0.214. The Morgan fingerprint density at radius 1 is 1.00 bits per heavy atom. The van der Waals surface area contributed by atoms with Crippen molar-refractivity contribution in [3.05, 3.63) is 0 Å². The van der Waals surface area contributed by atoms with Gasteiger partial charge >= 0.3 is 0 Å². The van der Waals surface area contributed by atoms with Gasteiger partial charge in [0.15, 0.2) is 0 Å². The van der Waals surface area contributed by atoms with Crippen LogP contribution in [0.1, 0.15) is 32.1 Å². The fourth-order valence-electron chi connectivity index (χ4n) is 1.07. The Balaban J connectivity index is 2.12. The highest BCUT2D eigenvalue weighted by atomic mass is 16.3. The quantitative estimate of drug-likeness (QED) is 0.438. The van der Waals surface area contributed by atoms with Gasteiger partial charge in [0.25, 0.3) is 0 Å². The van der Waals surface area contributed by atoms with Crippen molar-refractivity contribution in [1.82, 2.24) is 0 Å². The van der Waals surface area contributed by atoms with Crippen LogP contribution in [0.3, 0.4) is 0 Å². The number of rotatable bonds is 0. The third kappa shape index (κ3) is 1.48. The first-order chi connectivity index (χ1) is 3.39. The zero-order valence-corrected chi connectivity index (χ0v) is 4.52. The molecule has 0 spiro atoms. The first kappa shape index (κ1) is 5.10. The monoisotopic (exact) mass is 99.1 g/mol. The normalized spacial score (nSPS) is 25.3. The molecular weight excluding hydrogens is 88.1 g/mol. The Hall–Kier alpha value is -0.0400. The SMILES string of the molecule is [O-]C1CCCCC1. The van der Waals surface area contributed by atoms with Crippen LogP contribution in [0.5, 0.6) is 0 Å². The molecule has 1 rings (SSSR count). The van der Waals surface area contributed by atoms with Crippen LogP contribution in [-0.2, 0) is 0 Å². The smallest absolute Gasteiger partial charge is 0.0534 e. The maximum atomic E-state index is 10.5. The average Bonchev–Trinajstić information content (AvgIpc) is 1.69. The van der Waals surface area contributed by atoms with Crippen molar-refractivity contribution < 1.29 is 5.11 Å². The van der Waals surface area contributed by atoms with E-state index in [4.69, 9.17) is 0 Å². The fourth-order valence-corrected chi connectivity index (χ4v) is 1.07. The molecule has 0 bridgehead atoms. The standard InChI is InChI=1S/C6H11O/c7-6-4-2-1-3-5-6/h6H,1-5H2/q-1. The molecule has 0 radical (unpaired) electrons. The van der Waals surface area contributed by atoms with Crippen molar-refractivity contribution in [2.75, 3.05) is 0 Å². The Bertz CT molecular complexity index is 46.1. The molecule has 1 saturated carbocycles. The molecule has 0 unspecified atom stereocenters. The molecule has 1 aliphatic rings. The van der Waals surface area contributed by atoms with E-state index in [0.717, 1.165) is 12.8 Å². The third-order valence-corrected chi connectivity index (χ3v) is 1.55. The summed E-state index contributed by atoms with van der Waals surface area (Å²) >= 11 is 0. The maximum Gasteiger partial charge on any atom is -0.0534 e. The van der Waals surface area contributed by atoms with E-state index in [1.807, 2.05) is 0 Å². The zero-order valence-electron chi connectivity index (χ0n) is 4.52. The molecule has 0 aromatic rings. The maximum absolute atomic E-state index is 10.5. The second-order valence-electron chi connectivity index (χ2n) is 2.26. The summed E-state index contributed by atoms with van der Waals surface area (Å²) in [6.45, 7) is 0. The van der Waals surface area contributed by atoms with Gasteiger partial charge in [-0.15, -0.1) is 6.10 Å². The van der Waals surface area contributed by atoms with Crippen molar-refractivity contribution in [2.24, 2.45) is 0 Å². The van der Waals surface area contributed by atoms with E-state index in [1.165, 1.54) is 19.3 Å². The van der Waals surface area contributed by atoms with Crippen molar-refractivity contribution in [3.8, 4) is 0 Å². The molecular formula is C6H11O-. The van der Waals surface area contributed by atoms with Gasteiger partial charge in [-0.05, 0) is 0 Å². The van der Waals surface area contributed by atoms with Crippen LogP contribution in [0, 0.1) is 0 Å². The predicted molar refractivity (Wildman–Crippen MR) is 26.9 cm³/mol. The molecule has 0 saturated heterocycles. The van der Waals surface area contributed by atoms with Gasteiger partial charge in [-0.1, -0.05) is 32.1 Å². The Morgan fingerprint density at radius 3 is 1.86 bits per heavy atom. The van der Waals surface area contributed by atoms with Crippen LogP contribution < -0.4 is 5.11 Å². The molecule has 0 aromatic carbocycles. The molecule has 0 aliphatic heterocycles. The number of hydrogen-bond acceptors (Lipinski definition) is 1. The Morgan fingerprint density at radius 2 is 1.57 bits per heavy atom. The second-order valence-corrected chi connectivity index (χ2v) is 2.26. The van der Waals surface area contributed by atoms with Gasteiger partial charge in [-0.2, -0.15) is 0 Å². The van der Waals surface area contributed by atoms with Gasteiger partial charge in [0.05, 0.1) is 0 Å². The van der Waals surface area contributed by atoms with Gasteiger partial charge in [0.1, 0.15) is 0 Å². The third-order valence-electron chi connectivity index (χ3n) is 1.55. The topological polar surface area (TPSA) is 23.1 Å². The summed E-state index contributed by atoms with van der Waals surface area (Å²) in [5, 5.41) is 10.5. The molecule has 0 heterocycles. The van der Waals surface area contributed by atoms with Gasteiger partial charge in [-0.25, -0.2) is 0 Å². The number of hydrogen-bond donors (Lipinski definition) is 0. The van der Waals surface area contributed by atoms with Crippen LogP contribution in [-0.4, -0.2) is 6.10 Å². The van der Waals surface area contributed by atoms with Gasteiger partial charge in [0, 0.05) is 0 Å². The van der Waals surface area contributed by atoms with Crippen LogP contribution >= 0.6 is 0 Å². The summed E-state index contributed by atoms with van der Waals surface area (Å²) in [6.07, 6.45) is 5.29.